The largest absolute Gasteiger partial charge is 0.392 e. The number of carbonyl (C=O) groups excluding carboxylic acids is 1. The van der Waals surface area contributed by atoms with Crippen molar-refractivity contribution >= 4 is 5.91 Å². The maximum Gasteiger partial charge on any atom is 0.222 e. The summed E-state index contributed by atoms with van der Waals surface area (Å²) in [6.45, 7) is 3.82. The molecule has 6 atom stereocenters. The van der Waals surface area contributed by atoms with Crippen LogP contribution in [0.3, 0.4) is 0 Å². The lowest BCUT2D eigenvalue weighted by Gasteiger charge is -2.20. The van der Waals surface area contributed by atoms with Crippen LogP contribution in [-0.2, 0) is 4.79 Å². The predicted octanol–water partition coefficient (Wildman–Crippen LogP) is 3.54. The summed E-state index contributed by atoms with van der Waals surface area (Å²) in [6, 6.07) is 0. The first-order chi connectivity index (χ1) is 13.3. The lowest BCUT2D eigenvalue weighted by molar-refractivity contribution is -0.128. The number of allylic oxidation sites excluding steroid dienone is 2. The molecule has 2 aliphatic carbocycles. The number of fused-ring (bicyclic) bond motifs is 1. The van der Waals surface area contributed by atoms with Crippen LogP contribution in [0.5, 0.6) is 0 Å². The molecule has 2 aliphatic rings. The topological polar surface area (TPSA) is 60.8 Å². The Bertz CT molecular complexity index is 640. The maximum atomic E-state index is 11.7. The summed E-state index contributed by atoms with van der Waals surface area (Å²) >= 11 is 0. The molecule has 4 heteroatoms. The molecule has 0 aliphatic heterocycles. The third-order valence-electron chi connectivity index (χ3n) is 6.30. The van der Waals surface area contributed by atoms with Crippen LogP contribution in [0, 0.1) is 35.5 Å². The van der Waals surface area contributed by atoms with Crippen molar-refractivity contribution in [3.05, 3.63) is 23.8 Å². The molecule has 2 rings (SSSR count). The fourth-order valence-corrected chi connectivity index (χ4v) is 4.46. The number of unbranched alkanes of at least 4 members (excludes halogenated alkanes) is 1. The van der Waals surface area contributed by atoms with Crippen LogP contribution in [0.4, 0.5) is 0 Å². The summed E-state index contributed by atoms with van der Waals surface area (Å²) in [5.41, 5.74) is 1.48. The van der Waals surface area contributed by atoms with Crippen LogP contribution in [0.15, 0.2) is 23.8 Å². The zero-order valence-corrected chi connectivity index (χ0v) is 17.9. The van der Waals surface area contributed by atoms with E-state index in [0.29, 0.717) is 24.7 Å². The molecule has 0 spiro atoms. The Labute approximate surface area is 170 Å². The van der Waals surface area contributed by atoms with Crippen molar-refractivity contribution in [3.63, 3.8) is 0 Å². The maximum absolute atomic E-state index is 11.7. The molecule has 0 aromatic heterocycles. The number of aliphatic hydroxyl groups excluding tert-OH is 2. The highest BCUT2D eigenvalue weighted by Gasteiger charge is 2.43. The Kier molecular flexibility index (Phi) is 8.79. The molecule has 0 aromatic carbocycles. The van der Waals surface area contributed by atoms with E-state index in [1.54, 1.807) is 19.0 Å². The van der Waals surface area contributed by atoms with Gasteiger partial charge in [-0.1, -0.05) is 30.7 Å². The second-order valence-electron chi connectivity index (χ2n) is 8.72. The van der Waals surface area contributed by atoms with E-state index in [1.807, 2.05) is 26.0 Å². The average molecular weight is 388 g/mol. The van der Waals surface area contributed by atoms with Crippen molar-refractivity contribution in [2.75, 3.05) is 14.1 Å². The molecule has 0 aromatic rings. The third-order valence-corrected chi connectivity index (χ3v) is 6.30. The molecule has 2 N–H and O–H groups in total. The lowest BCUT2D eigenvalue weighted by Crippen LogP contribution is -2.21. The standard InChI is InChI=1S/C24H37NO3/c1-5-6-9-17(2)22(26)13-12-20-21-15-18(14-19(21)16-23(20)27)10-7-8-11-24(28)25(3)4/h12-14,17,19-23,26-27H,7-11,15-16H2,1-4H3/b13-12+/t17-,19-,20+,21-,22-,23+/m0/s1. The Hall–Kier alpha value is -1.57. The van der Waals surface area contributed by atoms with Crippen molar-refractivity contribution in [1.82, 2.24) is 4.90 Å². The van der Waals surface area contributed by atoms with Gasteiger partial charge >= 0.3 is 0 Å². The molecule has 1 saturated carbocycles. The third kappa shape index (κ3) is 6.22. The number of nitrogens with zero attached hydrogens (tertiary/aromatic N) is 1. The molecule has 156 valence electrons. The summed E-state index contributed by atoms with van der Waals surface area (Å²) in [4.78, 5) is 13.3. The van der Waals surface area contributed by atoms with Gasteiger partial charge in [-0.05, 0) is 56.8 Å². The zero-order chi connectivity index (χ0) is 20.7. The molecule has 0 saturated heterocycles. The monoisotopic (exact) mass is 387 g/mol. The van der Waals surface area contributed by atoms with E-state index in [0.717, 1.165) is 32.1 Å². The normalized spacial score (nSPS) is 28.4. The van der Waals surface area contributed by atoms with E-state index in [1.165, 1.54) is 5.57 Å². The Balaban J connectivity index is 1.82. The smallest absolute Gasteiger partial charge is 0.222 e. The van der Waals surface area contributed by atoms with Gasteiger partial charge in [0.25, 0.3) is 0 Å². The molecule has 4 nitrogen and oxygen atoms in total. The first-order valence-electron chi connectivity index (χ1n) is 10.7. The van der Waals surface area contributed by atoms with Crippen LogP contribution in [0.25, 0.3) is 0 Å². The highest BCUT2D eigenvalue weighted by atomic mass is 16.3. The van der Waals surface area contributed by atoms with Crippen LogP contribution < -0.4 is 0 Å². The molecule has 0 radical (unpaired) electrons. The first kappa shape index (κ1) is 22.7. The van der Waals surface area contributed by atoms with Crippen LogP contribution in [0.1, 0.15) is 58.8 Å². The quantitative estimate of drug-likeness (QED) is 0.361. The van der Waals surface area contributed by atoms with E-state index in [-0.39, 0.29) is 23.8 Å². The number of hydrogen-bond acceptors (Lipinski definition) is 3. The van der Waals surface area contributed by atoms with Gasteiger partial charge in [0.2, 0.25) is 5.91 Å². The second-order valence-corrected chi connectivity index (χ2v) is 8.72. The summed E-state index contributed by atoms with van der Waals surface area (Å²) in [6.07, 6.45) is 11.6. The van der Waals surface area contributed by atoms with Gasteiger partial charge in [-0.15, -0.1) is 11.8 Å². The van der Waals surface area contributed by atoms with Gasteiger partial charge in [-0.3, -0.25) is 4.79 Å². The number of carbonyl (C=O) groups is 1. The summed E-state index contributed by atoms with van der Waals surface area (Å²) in [5, 5.41) is 20.8. The highest BCUT2D eigenvalue weighted by molar-refractivity contribution is 5.75. The Morgan fingerprint density at radius 2 is 2.14 bits per heavy atom. The molecule has 28 heavy (non-hydrogen) atoms. The summed E-state index contributed by atoms with van der Waals surface area (Å²) < 4.78 is 0. The number of hydrogen-bond donors (Lipinski definition) is 2. The molecule has 1 amide bonds. The number of amides is 1. The van der Waals surface area contributed by atoms with Crippen molar-refractivity contribution in [2.45, 2.75) is 71.0 Å². The van der Waals surface area contributed by atoms with Gasteiger partial charge in [0.15, 0.2) is 0 Å². The minimum atomic E-state index is -0.518. The van der Waals surface area contributed by atoms with Gasteiger partial charge in [0, 0.05) is 32.9 Å². The number of aliphatic hydroxyl groups is 2. The van der Waals surface area contributed by atoms with Gasteiger partial charge in [-0.2, -0.15) is 0 Å². The second kappa shape index (κ2) is 10.8. The molecule has 0 bridgehead atoms. The summed E-state index contributed by atoms with van der Waals surface area (Å²) in [5.74, 6) is 7.20. The van der Waals surface area contributed by atoms with Gasteiger partial charge in [-0.25, -0.2) is 0 Å². The molecule has 0 unspecified atom stereocenters. The summed E-state index contributed by atoms with van der Waals surface area (Å²) in [7, 11) is 3.60. The van der Waals surface area contributed by atoms with E-state index < -0.39 is 6.10 Å². The molecule has 0 heterocycles. The Morgan fingerprint density at radius 3 is 2.82 bits per heavy atom. The molecular formula is C24H37NO3. The lowest BCUT2D eigenvalue weighted by atomic mass is 9.88. The first-order valence-corrected chi connectivity index (χ1v) is 10.7. The van der Waals surface area contributed by atoms with Crippen molar-refractivity contribution < 1.29 is 15.0 Å². The predicted molar refractivity (Wildman–Crippen MR) is 113 cm³/mol. The van der Waals surface area contributed by atoms with E-state index in [9.17, 15) is 15.0 Å². The van der Waals surface area contributed by atoms with Crippen molar-refractivity contribution in [2.24, 2.45) is 23.7 Å². The SMILES string of the molecule is CC#CC[C@H](C)[C@@H](O)/C=C/[C@@H]1[C@H]2CC(CCCCC(=O)N(C)C)=C[C@H]2C[C@H]1O. The van der Waals surface area contributed by atoms with Crippen LogP contribution in [0.2, 0.25) is 0 Å². The van der Waals surface area contributed by atoms with Crippen molar-refractivity contribution in [3.8, 4) is 11.8 Å². The molecule has 1 fully saturated rings. The Morgan fingerprint density at radius 1 is 1.39 bits per heavy atom. The molecular weight excluding hydrogens is 350 g/mol. The van der Waals surface area contributed by atoms with Gasteiger partial charge in [0.05, 0.1) is 12.2 Å². The highest BCUT2D eigenvalue weighted by Crippen LogP contribution is 2.48. The van der Waals surface area contributed by atoms with Gasteiger partial charge < -0.3 is 15.1 Å². The zero-order valence-electron chi connectivity index (χ0n) is 17.9. The van der Waals surface area contributed by atoms with Crippen LogP contribution in [-0.4, -0.2) is 47.3 Å². The number of rotatable bonds is 9. The van der Waals surface area contributed by atoms with Crippen molar-refractivity contribution in [1.29, 1.82) is 0 Å². The van der Waals surface area contributed by atoms with Gasteiger partial charge in [0.1, 0.15) is 0 Å². The fourth-order valence-electron chi connectivity index (χ4n) is 4.46. The minimum absolute atomic E-state index is 0.0974. The fraction of sp³-hybridized carbons (Fsp3) is 0.708. The minimum Gasteiger partial charge on any atom is -0.392 e. The van der Waals surface area contributed by atoms with Crippen LogP contribution >= 0.6 is 0 Å². The van der Waals surface area contributed by atoms with E-state index in [2.05, 4.69) is 17.9 Å². The van der Waals surface area contributed by atoms with E-state index in [4.69, 9.17) is 0 Å². The van der Waals surface area contributed by atoms with E-state index >= 15 is 0 Å². The average Bonchev–Trinajstić information content (AvgIpc) is 3.17.